The van der Waals surface area contributed by atoms with E-state index >= 15 is 0 Å². The first-order valence-corrected chi connectivity index (χ1v) is 16.6. The molecule has 8 heteroatoms. The topological polar surface area (TPSA) is 75.7 Å². The fourth-order valence-electron chi connectivity index (χ4n) is 6.82. The van der Waals surface area contributed by atoms with Crippen LogP contribution in [0, 0.1) is 17.8 Å². The summed E-state index contributed by atoms with van der Waals surface area (Å²) in [6.07, 6.45) is 3.39. The molecule has 0 spiro atoms. The summed E-state index contributed by atoms with van der Waals surface area (Å²) < 4.78 is 7.25. The van der Waals surface area contributed by atoms with E-state index in [1.165, 1.54) is 0 Å². The molecule has 228 valence electrons. The predicted molar refractivity (Wildman–Crippen MR) is 177 cm³/mol. The summed E-state index contributed by atoms with van der Waals surface area (Å²) >= 11 is 7.34. The van der Waals surface area contributed by atoms with Gasteiger partial charge in [-0.05, 0) is 104 Å². The molecule has 1 N–H and O–H groups in total. The Morgan fingerprint density at radius 3 is 2.00 bits per heavy atom. The molecule has 0 aromatic heterocycles. The van der Waals surface area contributed by atoms with Crippen LogP contribution in [0.5, 0.6) is 5.75 Å². The van der Waals surface area contributed by atoms with Crippen LogP contribution < -0.4 is 10.1 Å². The third kappa shape index (κ3) is 6.56. The van der Waals surface area contributed by atoms with Gasteiger partial charge in [-0.2, -0.15) is 0 Å². The van der Waals surface area contributed by atoms with Crippen molar-refractivity contribution in [2.75, 3.05) is 18.5 Å². The molecule has 6 nitrogen and oxygen atoms in total. The summed E-state index contributed by atoms with van der Waals surface area (Å²) in [7, 11) is 0. The molecule has 43 heavy (non-hydrogen) atoms. The molecule has 0 saturated carbocycles. The number of benzene rings is 2. The van der Waals surface area contributed by atoms with E-state index in [-0.39, 0.29) is 34.9 Å². The lowest BCUT2D eigenvalue weighted by Gasteiger charge is -2.49. The van der Waals surface area contributed by atoms with E-state index in [0.29, 0.717) is 33.2 Å². The van der Waals surface area contributed by atoms with Crippen LogP contribution in [-0.2, 0) is 14.4 Å². The third-order valence-electron chi connectivity index (χ3n) is 8.47. The van der Waals surface area contributed by atoms with Crippen molar-refractivity contribution < 1.29 is 19.1 Å². The van der Waals surface area contributed by atoms with Crippen LogP contribution in [-0.4, -0.2) is 35.5 Å². The van der Waals surface area contributed by atoms with Crippen LogP contribution in [0.1, 0.15) is 83.8 Å². The van der Waals surface area contributed by atoms with Crippen LogP contribution >= 0.6 is 31.9 Å². The van der Waals surface area contributed by atoms with E-state index in [0.717, 1.165) is 59.5 Å². The summed E-state index contributed by atoms with van der Waals surface area (Å²) in [5.41, 5.74) is 5.95. The van der Waals surface area contributed by atoms with Gasteiger partial charge >= 0.3 is 0 Å². The molecule has 0 fully saturated rings. The molecule has 0 radical (unpaired) electrons. The average Bonchev–Trinajstić information content (AvgIpc) is 2.87. The number of nitrogens with one attached hydrogen (secondary N) is 1. The number of nitrogens with zero attached hydrogens (tertiary/aromatic N) is 1. The van der Waals surface area contributed by atoms with E-state index in [2.05, 4.69) is 76.7 Å². The van der Waals surface area contributed by atoms with Crippen molar-refractivity contribution in [2.24, 2.45) is 10.8 Å². The van der Waals surface area contributed by atoms with E-state index < -0.39 is 5.92 Å². The first-order chi connectivity index (χ1) is 20.2. The number of hydrogen-bond acceptors (Lipinski definition) is 5. The molecular formula is C35H40Br2N2O4. The van der Waals surface area contributed by atoms with Crippen LogP contribution in [0.15, 0.2) is 67.9 Å². The van der Waals surface area contributed by atoms with Gasteiger partial charge in [0, 0.05) is 53.5 Å². The molecule has 1 heterocycles. The number of carbonyl (C=O) groups is 3. The number of rotatable bonds is 7. The molecule has 0 atom stereocenters. The summed E-state index contributed by atoms with van der Waals surface area (Å²) in [5, 5.41) is 2.87. The Hall–Kier alpha value is -2.71. The van der Waals surface area contributed by atoms with Gasteiger partial charge in [0.05, 0.1) is 8.95 Å². The lowest BCUT2D eigenvalue weighted by atomic mass is 9.63. The third-order valence-corrected chi connectivity index (χ3v) is 9.65. The zero-order valence-electron chi connectivity index (χ0n) is 25.8. The van der Waals surface area contributed by atoms with Gasteiger partial charge in [0.2, 0.25) is 0 Å². The van der Waals surface area contributed by atoms with Gasteiger partial charge in [0.25, 0.3) is 5.91 Å². The lowest BCUT2D eigenvalue weighted by molar-refractivity contribution is -0.120. The Morgan fingerprint density at radius 2 is 1.49 bits per heavy atom. The highest BCUT2D eigenvalue weighted by atomic mass is 79.9. The summed E-state index contributed by atoms with van der Waals surface area (Å²) in [6, 6.07) is 11.5. The highest BCUT2D eigenvalue weighted by Gasteiger charge is 2.49. The normalized spacial score (nSPS) is 19.8. The SMILES string of the molecule is CCCN1C2=C(C(=O)CC(C)(C)C2)C(c2cc(Br)c(OCC(=O)Nc3cccc(C)c3)c(Br)c2)C2=C1CC(C)(C)CC2=O. The van der Waals surface area contributed by atoms with E-state index in [4.69, 9.17) is 4.74 Å². The molecule has 2 aromatic carbocycles. The quantitative estimate of drug-likeness (QED) is 0.311. The number of amides is 1. The number of Topliss-reactive ketones (excluding diaryl/α,β-unsaturated/α-hetero) is 2. The molecule has 2 aliphatic carbocycles. The molecule has 3 aliphatic rings. The second-order valence-corrected chi connectivity index (χ2v) is 15.4. The Kier molecular flexibility index (Phi) is 8.85. The van der Waals surface area contributed by atoms with Crippen molar-refractivity contribution in [3.8, 4) is 5.75 Å². The number of halogens is 2. The van der Waals surface area contributed by atoms with Crippen molar-refractivity contribution >= 4 is 55.0 Å². The van der Waals surface area contributed by atoms with Gasteiger partial charge in [0.1, 0.15) is 5.75 Å². The Labute approximate surface area is 271 Å². The standard InChI is InChI=1S/C35H40Br2N2O4/c1-7-11-39-25-15-34(3,4)17-27(40)31(25)30(32-26(39)16-35(5,6)18-28(32)41)21-13-23(36)33(24(37)14-21)43-19-29(42)38-22-10-8-9-20(2)12-22/h8-10,12-14,30H,7,11,15-19H2,1-6H3,(H,38,42). The number of ketones is 2. The maximum atomic E-state index is 14.0. The summed E-state index contributed by atoms with van der Waals surface area (Å²) in [6.45, 7) is 13.3. The van der Waals surface area contributed by atoms with Crippen molar-refractivity contribution in [3.05, 3.63) is 79.0 Å². The average molecular weight is 713 g/mol. The van der Waals surface area contributed by atoms with Gasteiger partial charge in [-0.1, -0.05) is 46.8 Å². The maximum absolute atomic E-state index is 14.0. The molecule has 2 aromatic rings. The van der Waals surface area contributed by atoms with Gasteiger partial charge < -0.3 is 15.0 Å². The maximum Gasteiger partial charge on any atom is 0.262 e. The van der Waals surface area contributed by atoms with Crippen LogP contribution in [0.3, 0.4) is 0 Å². The van der Waals surface area contributed by atoms with E-state index in [1.54, 1.807) is 0 Å². The van der Waals surface area contributed by atoms with Crippen LogP contribution in [0.25, 0.3) is 0 Å². The fourth-order valence-corrected chi connectivity index (χ4v) is 8.27. The van der Waals surface area contributed by atoms with Gasteiger partial charge in [-0.3, -0.25) is 14.4 Å². The van der Waals surface area contributed by atoms with Gasteiger partial charge in [-0.15, -0.1) is 0 Å². The zero-order valence-corrected chi connectivity index (χ0v) is 29.0. The van der Waals surface area contributed by atoms with Crippen molar-refractivity contribution in [2.45, 2.75) is 79.6 Å². The summed E-state index contributed by atoms with van der Waals surface area (Å²) in [4.78, 5) is 42.9. The van der Waals surface area contributed by atoms with Crippen LogP contribution in [0.4, 0.5) is 5.69 Å². The van der Waals surface area contributed by atoms with Crippen molar-refractivity contribution in [3.63, 3.8) is 0 Å². The minimum atomic E-state index is -0.448. The Balaban J connectivity index is 1.53. The number of anilines is 1. The smallest absolute Gasteiger partial charge is 0.262 e. The summed E-state index contributed by atoms with van der Waals surface area (Å²) in [5.74, 6) is -0.00481. The molecule has 1 amide bonds. The second-order valence-electron chi connectivity index (χ2n) is 13.7. The van der Waals surface area contributed by atoms with Gasteiger partial charge in [0.15, 0.2) is 18.2 Å². The largest absolute Gasteiger partial charge is 0.481 e. The minimum Gasteiger partial charge on any atom is -0.481 e. The van der Waals surface area contributed by atoms with Gasteiger partial charge in [-0.25, -0.2) is 0 Å². The molecule has 0 bridgehead atoms. The minimum absolute atomic E-state index is 0.113. The molecule has 0 saturated heterocycles. The van der Waals surface area contributed by atoms with E-state index in [1.807, 2.05) is 43.3 Å². The molecule has 5 rings (SSSR count). The zero-order chi connectivity index (χ0) is 31.3. The molecule has 0 unspecified atom stereocenters. The first kappa shape index (κ1) is 31.7. The molecular weight excluding hydrogens is 672 g/mol. The molecule has 1 aliphatic heterocycles. The lowest BCUT2D eigenvalue weighted by Crippen LogP contribution is -2.44. The van der Waals surface area contributed by atoms with Crippen molar-refractivity contribution in [1.29, 1.82) is 0 Å². The monoisotopic (exact) mass is 710 g/mol. The highest BCUT2D eigenvalue weighted by molar-refractivity contribution is 9.11. The Bertz CT molecular complexity index is 1490. The number of allylic oxidation sites excluding steroid dienone is 4. The Morgan fingerprint density at radius 1 is 0.930 bits per heavy atom. The number of aryl methyl sites for hydroxylation is 1. The van der Waals surface area contributed by atoms with Crippen LogP contribution in [0.2, 0.25) is 0 Å². The van der Waals surface area contributed by atoms with Crippen molar-refractivity contribution in [1.82, 2.24) is 4.90 Å². The highest BCUT2D eigenvalue weighted by Crippen LogP contribution is 2.55. The fraction of sp³-hybridized carbons (Fsp3) is 0.457. The van der Waals surface area contributed by atoms with E-state index in [9.17, 15) is 14.4 Å². The second kappa shape index (κ2) is 12.0. The number of ether oxygens (including phenoxy) is 1. The number of hydrogen-bond donors (Lipinski definition) is 1. The first-order valence-electron chi connectivity index (χ1n) is 15.0. The number of carbonyl (C=O) groups excluding carboxylic acids is 3. The predicted octanol–water partition coefficient (Wildman–Crippen LogP) is 8.63.